The van der Waals surface area contributed by atoms with Crippen LogP contribution in [0.4, 0.5) is 0 Å². The zero-order valence-corrected chi connectivity index (χ0v) is 11.9. The fourth-order valence-electron chi connectivity index (χ4n) is 3.03. The van der Waals surface area contributed by atoms with E-state index >= 15 is 0 Å². The van der Waals surface area contributed by atoms with Gasteiger partial charge < -0.3 is 4.74 Å². The van der Waals surface area contributed by atoms with Crippen LogP contribution in [-0.2, 0) is 6.42 Å². The van der Waals surface area contributed by atoms with Crippen molar-refractivity contribution in [2.24, 2.45) is 0 Å². The highest BCUT2D eigenvalue weighted by atomic mass is 32.1. The van der Waals surface area contributed by atoms with E-state index in [2.05, 4.69) is 6.07 Å². The minimum Gasteiger partial charge on any atom is -0.493 e. The first-order valence-electron chi connectivity index (χ1n) is 7.07. The van der Waals surface area contributed by atoms with Crippen molar-refractivity contribution in [3.63, 3.8) is 0 Å². The first-order chi connectivity index (χ1) is 9.83. The second kappa shape index (κ2) is 4.70. The van der Waals surface area contributed by atoms with Crippen molar-refractivity contribution in [3.05, 3.63) is 45.4 Å². The van der Waals surface area contributed by atoms with Gasteiger partial charge in [-0.3, -0.25) is 4.79 Å². The van der Waals surface area contributed by atoms with E-state index in [1.54, 1.807) is 11.3 Å². The van der Waals surface area contributed by atoms with Crippen LogP contribution in [-0.4, -0.2) is 17.4 Å². The fourth-order valence-corrected chi connectivity index (χ4v) is 4.27. The Morgan fingerprint density at radius 1 is 1.25 bits per heavy atom. The molecule has 1 aromatic heterocycles. The molecule has 20 heavy (non-hydrogen) atoms. The van der Waals surface area contributed by atoms with Crippen molar-refractivity contribution in [2.45, 2.75) is 31.6 Å². The van der Waals surface area contributed by atoms with Crippen LogP contribution in [0.15, 0.2) is 24.3 Å². The number of Topliss-reactive ketones (excluding diaryl/α,β-unsaturated/α-hetero) is 1. The van der Waals surface area contributed by atoms with E-state index in [1.165, 1.54) is 5.56 Å². The van der Waals surface area contributed by atoms with Gasteiger partial charge in [0.1, 0.15) is 10.8 Å². The van der Waals surface area contributed by atoms with E-state index in [-0.39, 0.29) is 11.7 Å². The molecule has 0 fully saturated rings. The lowest BCUT2D eigenvalue weighted by Gasteiger charge is -2.24. The summed E-state index contributed by atoms with van der Waals surface area (Å²) in [6, 6.07) is 8.17. The molecule has 0 spiro atoms. The number of hydrogen-bond donors (Lipinski definition) is 0. The van der Waals surface area contributed by atoms with Gasteiger partial charge in [0, 0.05) is 17.9 Å². The summed E-state index contributed by atoms with van der Waals surface area (Å²) in [5.74, 6) is 1.52. The number of ketones is 1. The molecule has 1 aliphatic carbocycles. The Balaban J connectivity index is 1.77. The van der Waals surface area contributed by atoms with E-state index in [0.29, 0.717) is 6.42 Å². The van der Waals surface area contributed by atoms with Crippen molar-refractivity contribution in [2.75, 3.05) is 6.61 Å². The molecule has 1 aliphatic heterocycles. The van der Waals surface area contributed by atoms with Gasteiger partial charge in [-0.1, -0.05) is 18.2 Å². The number of para-hydroxylation sites is 1. The molecule has 0 saturated carbocycles. The predicted octanol–water partition coefficient (Wildman–Crippen LogP) is 3.58. The maximum atomic E-state index is 12.0. The smallest absolute Gasteiger partial charge is 0.174 e. The van der Waals surface area contributed by atoms with E-state index in [1.807, 2.05) is 18.2 Å². The van der Waals surface area contributed by atoms with Crippen molar-refractivity contribution in [3.8, 4) is 5.75 Å². The second-order valence-corrected chi connectivity index (χ2v) is 6.36. The van der Waals surface area contributed by atoms with Crippen LogP contribution in [0, 0.1) is 0 Å². The highest BCUT2D eigenvalue weighted by Gasteiger charge is 2.29. The molecule has 0 saturated heterocycles. The number of aryl methyl sites for hydroxylation is 1. The van der Waals surface area contributed by atoms with Gasteiger partial charge in [-0.2, -0.15) is 0 Å². The summed E-state index contributed by atoms with van der Waals surface area (Å²) in [6.45, 7) is 0.722. The van der Waals surface area contributed by atoms with Crippen molar-refractivity contribution < 1.29 is 9.53 Å². The number of rotatable bonds is 1. The van der Waals surface area contributed by atoms with Gasteiger partial charge in [-0.05, 0) is 25.3 Å². The number of fused-ring (bicyclic) bond motifs is 2. The zero-order valence-electron chi connectivity index (χ0n) is 11.1. The zero-order chi connectivity index (χ0) is 13.5. The van der Waals surface area contributed by atoms with Gasteiger partial charge in [0.15, 0.2) is 5.78 Å². The van der Waals surface area contributed by atoms with Gasteiger partial charge in [0.05, 0.1) is 17.2 Å². The topological polar surface area (TPSA) is 39.2 Å². The number of hydrogen-bond acceptors (Lipinski definition) is 4. The van der Waals surface area contributed by atoms with Gasteiger partial charge in [0.2, 0.25) is 0 Å². The Morgan fingerprint density at radius 3 is 3.05 bits per heavy atom. The van der Waals surface area contributed by atoms with Gasteiger partial charge in [0.25, 0.3) is 0 Å². The Labute approximate surface area is 121 Å². The maximum Gasteiger partial charge on any atom is 0.174 e. The normalized spacial score (nSPS) is 21.0. The third-order valence-corrected chi connectivity index (χ3v) is 5.29. The molecule has 4 rings (SSSR count). The average molecular weight is 285 g/mol. The maximum absolute atomic E-state index is 12.0. The molecule has 2 heterocycles. The van der Waals surface area contributed by atoms with Gasteiger partial charge in [-0.15, -0.1) is 11.3 Å². The number of thiazole rings is 1. The minimum atomic E-state index is 0.273. The number of carbonyl (C=O) groups is 1. The van der Waals surface area contributed by atoms with E-state index in [4.69, 9.17) is 9.72 Å². The molecular weight excluding hydrogens is 270 g/mol. The third-order valence-electron chi connectivity index (χ3n) is 4.04. The fraction of sp³-hybridized carbons (Fsp3) is 0.375. The highest BCUT2D eigenvalue weighted by Crippen LogP contribution is 2.41. The largest absolute Gasteiger partial charge is 0.493 e. The van der Waals surface area contributed by atoms with Gasteiger partial charge in [-0.25, -0.2) is 4.98 Å². The Kier molecular flexibility index (Phi) is 2.84. The number of benzene rings is 1. The molecule has 102 valence electrons. The van der Waals surface area contributed by atoms with Crippen LogP contribution < -0.4 is 4.74 Å². The minimum absolute atomic E-state index is 0.273. The summed E-state index contributed by atoms with van der Waals surface area (Å²) in [4.78, 5) is 17.6. The highest BCUT2D eigenvalue weighted by molar-refractivity contribution is 7.14. The molecule has 0 radical (unpaired) electrons. The van der Waals surface area contributed by atoms with E-state index in [9.17, 15) is 4.79 Å². The standard InChI is InChI=1S/C16H15NO2S/c18-13-6-3-5-12-15(13)20-16(17-12)11-8-9-19-14-7-2-1-4-10(11)14/h1-2,4,7,11H,3,5-6,8-9H2. The first-order valence-corrected chi connectivity index (χ1v) is 7.89. The Bertz CT molecular complexity index is 677. The predicted molar refractivity (Wildman–Crippen MR) is 77.8 cm³/mol. The van der Waals surface area contributed by atoms with Crippen LogP contribution in [0.25, 0.3) is 0 Å². The summed E-state index contributed by atoms with van der Waals surface area (Å²) < 4.78 is 5.71. The lowest BCUT2D eigenvalue weighted by molar-refractivity contribution is 0.0976. The molecule has 0 bridgehead atoms. The van der Waals surface area contributed by atoms with Crippen molar-refractivity contribution in [1.82, 2.24) is 4.98 Å². The molecule has 0 N–H and O–H groups in total. The molecule has 1 aromatic carbocycles. The molecule has 2 aliphatic rings. The van der Waals surface area contributed by atoms with Crippen LogP contribution in [0.3, 0.4) is 0 Å². The summed E-state index contributed by atoms with van der Waals surface area (Å²) in [6.07, 6.45) is 3.51. The SMILES string of the molecule is O=C1CCCc2nc(C3CCOc4ccccc43)sc21. The summed E-state index contributed by atoms with van der Waals surface area (Å²) in [7, 11) is 0. The van der Waals surface area contributed by atoms with Gasteiger partial charge >= 0.3 is 0 Å². The molecular formula is C16H15NO2S. The monoisotopic (exact) mass is 285 g/mol. The lowest BCUT2D eigenvalue weighted by atomic mass is 9.93. The number of aromatic nitrogens is 1. The van der Waals surface area contributed by atoms with Crippen LogP contribution in [0.5, 0.6) is 5.75 Å². The van der Waals surface area contributed by atoms with Crippen molar-refractivity contribution >= 4 is 17.1 Å². The summed E-state index contributed by atoms with van der Waals surface area (Å²) in [5.41, 5.74) is 2.22. The molecule has 4 heteroatoms. The first kappa shape index (κ1) is 12.1. The lowest BCUT2D eigenvalue weighted by Crippen LogP contribution is -2.15. The molecule has 0 amide bonds. The average Bonchev–Trinajstić information content (AvgIpc) is 2.92. The van der Waals surface area contributed by atoms with Crippen LogP contribution >= 0.6 is 11.3 Å². The second-order valence-electron chi connectivity index (χ2n) is 5.33. The van der Waals surface area contributed by atoms with E-state index < -0.39 is 0 Å². The molecule has 3 nitrogen and oxygen atoms in total. The van der Waals surface area contributed by atoms with Crippen molar-refractivity contribution in [1.29, 1.82) is 0 Å². The third kappa shape index (κ3) is 1.86. The molecule has 1 unspecified atom stereocenters. The summed E-state index contributed by atoms with van der Waals surface area (Å²) in [5, 5.41) is 1.08. The molecule has 2 aromatic rings. The molecule has 1 atom stereocenters. The quantitative estimate of drug-likeness (QED) is 0.804. The number of nitrogens with zero attached hydrogens (tertiary/aromatic N) is 1. The van der Waals surface area contributed by atoms with E-state index in [0.717, 1.165) is 47.2 Å². The number of carbonyl (C=O) groups excluding carboxylic acids is 1. The Morgan fingerprint density at radius 2 is 2.15 bits per heavy atom. The van der Waals surface area contributed by atoms with Crippen LogP contribution in [0.1, 0.15) is 51.1 Å². The number of ether oxygens (including phenoxy) is 1. The summed E-state index contributed by atoms with van der Waals surface area (Å²) >= 11 is 1.60. The Hall–Kier alpha value is -1.68. The van der Waals surface area contributed by atoms with Crippen LogP contribution in [0.2, 0.25) is 0 Å².